The highest BCUT2D eigenvalue weighted by Crippen LogP contribution is 2.24. The first-order chi connectivity index (χ1) is 7.08. The van der Waals surface area contributed by atoms with Crippen molar-refractivity contribution in [1.82, 2.24) is 0 Å². The van der Waals surface area contributed by atoms with Crippen LogP contribution < -0.4 is 4.90 Å². The third kappa shape index (κ3) is 1.75. The number of halogens is 1. The van der Waals surface area contributed by atoms with Gasteiger partial charge in [0, 0.05) is 5.69 Å². The molecule has 0 aromatic heterocycles. The maximum atomic E-state index is 13.0. The van der Waals surface area contributed by atoms with Gasteiger partial charge in [-0.25, -0.2) is 4.39 Å². The van der Waals surface area contributed by atoms with Crippen LogP contribution in [0.1, 0.15) is 12.0 Å². The lowest BCUT2D eigenvalue weighted by Crippen LogP contribution is -2.25. The van der Waals surface area contributed by atoms with Crippen LogP contribution in [0.2, 0.25) is 0 Å². The molecule has 3 nitrogen and oxygen atoms in total. The molecule has 0 aliphatic carbocycles. The molecule has 1 fully saturated rings. The lowest BCUT2D eigenvalue weighted by Gasteiger charge is -2.17. The molecule has 1 amide bonds. The number of ketones is 1. The zero-order chi connectivity index (χ0) is 11.0. The number of amides is 1. The highest BCUT2D eigenvalue weighted by molar-refractivity contribution is 6.15. The highest BCUT2D eigenvalue weighted by Gasteiger charge is 2.29. The SMILES string of the molecule is Cc1ccc(F)cc1N1CC(=O)CC1=O. The van der Waals surface area contributed by atoms with Gasteiger partial charge in [0.15, 0.2) is 5.78 Å². The molecular formula is C11H10FNO2. The van der Waals surface area contributed by atoms with E-state index < -0.39 is 5.82 Å². The van der Waals surface area contributed by atoms with Gasteiger partial charge < -0.3 is 4.90 Å². The standard InChI is InChI=1S/C11H10FNO2/c1-7-2-3-8(12)4-10(7)13-6-9(14)5-11(13)15/h2-4H,5-6H2,1H3. The van der Waals surface area contributed by atoms with E-state index in [0.29, 0.717) is 5.69 Å². The molecular weight excluding hydrogens is 197 g/mol. The summed E-state index contributed by atoms with van der Waals surface area (Å²) in [4.78, 5) is 23.8. The fraction of sp³-hybridized carbons (Fsp3) is 0.273. The number of hydrogen-bond acceptors (Lipinski definition) is 2. The van der Waals surface area contributed by atoms with Gasteiger partial charge in [0.05, 0.1) is 13.0 Å². The van der Waals surface area contributed by atoms with Crippen LogP contribution in [0.4, 0.5) is 10.1 Å². The van der Waals surface area contributed by atoms with Crippen molar-refractivity contribution >= 4 is 17.4 Å². The normalized spacial score (nSPS) is 16.3. The van der Waals surface area contributed by atoms with E-state index in [0.717, 1.165) is 5.56 Å². The minimum absolute atomic E-state index is 0.0587. The Morgan fingerprint density at radius 1 is 1.33 bits per heavy atom. The minimum Gasteiger partial charge on any atom is -0.304 e. The van der Waals surface area contributed by atoms with Gasteiger partial charge in [0.25, 0.3) is 0 Å². The molecule has 4 heteroatoms. The van der Waals surface area contributed by atoms with Crippen molar-refractivity contribution in [3.8, 4) is 0 Å². The summed E-state index contributed by atoms with van der Waals surface area (Å²) in [6, 6.07) is 4.22. The quantitative estimate of drug-likeness (QED) is 0.653. The Bertz CT molecular complexity index is 442. The van der Waals surface area contributed by atoms with Crippen molar-refractivity contribution < 1.29 is 14.0 Å². The molecule has 0 saturated carbocycles. The largest absolute Gasteiger partial charge is 0.304 e. The van der Waals surface area contributed by atoms with Gasteiger partial charge in [-0.1, -0.05) is 6.07 Å². The molecule has 15 heavy (non-hydrogen) atoms. The Hall–Kier alpha value is -1.71. The first kappa shape index (κ1) is 9.83. The van der Waals surface area contributed by atoms with Gasteiger partial charge in [0.1, 0.15) is 5.82 Å². The van der Waals surface area contributed by atoms with E-state index in [4.69, 9.17) is 0 Å². The van der Waals surface area contributed by atoms with E-state index in [9.17, 15) is 14.0 Å². The molecule has 1 aromatic rings. The third-order valence-corrected chi connectivity index (χ3v) is 2.45. The van der Waals surface area contributed by atoms with Crippen LogP contribution in [0.15, 0.2) is 18.2 Å². The first-order valence-electron chi connectivity index (χ1n) is 4.66. The molecule has 1 aromatic carbocycles. The number of carbonyl (C=O) groups excluding carboxylic acids is 2. The number of hydrogen-bond donors (Lipinski definition) is 0. The second-order valence-electron chi connectivity index (χ2n) is 3.63. The Morgan fingerprint density at radius 3 is 2.67 bits per heavy atom. The van der Waals surface area contributed by atoms with Crippen LogP contribution in [0.3, 0.4) is 0 Å². The smallest absolute Gasteiger partial charge is 0.234 e. The molecule has 1 heterocycles. The monoisotopic (exact) mass is 207 g/mol. The van der Waals surface area contributed by atoms with E-state index in [-0.39, 0.29) is 24.7 Å². The molecule has 2 rings (SSSR count). The van der Waals surface area contributed by atoms with E-state index in [1.54, 1.807) is 13.0 Å². The van der Waals surface area contributed by atoms with Crippen LogP contribution in [0, 0.1) is 12.7 Å². The second kappa shape index (κ2) is 3.46. The fourth-order valence-corrected chi connectivity index (χ4v) is 1.68. The summed E-state index contributed by atoms with van der Waals surface area (Å²) >= 11 is 0. The van der Waals surface area contributed by atoms with Gasteiger partial charge in [0.2, 0.25) is 5.91 Å². The van der Waals surface area contributed by atoms with Gasteiger partial charge in [-0.05, 0) is 24.6 Å². The van der Waals surface area contributed by atoms with Crippen molar-refractivity contribution in [3.63, 3.8) is 0 Å². The topological polar surface area (TPSA) is 37.4 Å². The number of Topliss-reactive ketones (excluding diaryl/α,β-unsaturated/α-hetero) is 1. The highest BCUT2D eigenvalue weighted by atomic mass is 19.1. The third-order valence-electron chi connectivity index (χ3n) is 2.45. The lowest BCUT2D eigenvalue weighted by atomic mass is 10.2. The molecule has 1 aliphatic rings. The van der Waals surface area contributed by atoms with E-state index in [1.807, 2.05) is 0 Å². The molecule has 0 spiro atoms. The van der Waals surface area contributed by atoms with Crippen molar-refractivity contribution in [1.29, 1.82) is 0 Å². The molecule has 78 valence electrons. The van der Waals surface area contributed by atoms with Crippen molar-refractivity contribution in [3.05, 3.63) is 29.6 Å². The maximum Gasteiger partial charge on any atom is 0.234 e. The van der Waals surface area contributed by atoms with Gasteiger partial charge >= 0.3 is 0 Å². The summed E-state index contributed by atoms with van der Waals surface area (Å²) in [6.07, 6.45) is -0.0735. The second-order valence-corrected chi connectivity index (χ2v) is 3.63. The Morgan fingerprint density at radius 2 is 2.07 bits per heavy atom. The van der Waals surface area contributed by atoms with Crippen LogP contribution >= 0.6 is 0 Å². The maximum absolute atomic E-state index is 13.0. The average molecular weight is 207 g/mol. The minimum atomic E-state index is -0.400. The van der Waals surface area contributed by atoms with Crippen molar-refractivity contribution in [2.75, 3.05) is 11.4 Å². The van der Waals surface area contributed by atoms with Crippen molar-refractivity contribution in [2.45, 2.75) is 13.3 Å². The summed E-state index contributed by atoms with van der Waals surface area (Å²) in [5.41, 5.74) is 1.28. The molecule has 0 unspecified atom stereocenters. The Labute approximate surface area is 86.5 Å². The van der Waals surface area contributed by atoms with Crippen LogP contribution in [-0.4, -0.2) is 18.2 Å². The molecule has 0 bridgehead atoms. The number of aryl methyl sites for hydroxylation is 1. The Balaban J connectivity index is 2.41. The molecule has 0 atom stereocenters. The summed E-state index contributed by atoms with van der Waals surface area (Å²) in [6.45, 7) is 1.84. The van der Waals surface area contributed by atoms with Crippen LogP contribution in [0.25, 0.3) is 0 Å². The summed E-state index contributed by atoms with van der Waals surface area (Å²) in [7, 11) is 0. The van der Waals surface area contributed by atoms with E-state index in [1.165, 1.54) is 17.0 Å². The lowest BCUT2D eigenvalue weighted by molar-refractivity contribution is -0.121. The number of carbonyl (C=O) groups is 2. The van der Waals surface area contributed by atoms with Gasteiger partial charge in [-0.2, -0.15) is 0 Å². The summed E-state index contributed by atoms with van der Waals surface area (Å²) in [5.74, 6) is -0.778. The van der Waals surface area contributed by atoms with Crippen LogP contribution in [-0.2, 0) is 9.59 Å². The summed E-state index contributed by atoms with van der Waals surface area (Å²) in [5, 5.41) is 0. The van der Waals surface area contributed by atoms with Gasteiger partial charge in [-0.15, -0.1) is 0 Å². The van der Waals surface area contributed by atoms with E-state index in [2.05, 4.69) is 0 Å². The fourth-order valence-electron chi connectivity index (χ4n) is 1.68. The predicted molar refractivity (Wildman–Crippen MR) is 53.1 cm³/mol. The van der Waals surface area contributed by atoms with Crippen LogP contribution in [0.5, 0.6) is 0 Å². The number of nitrogens with zero attached hydrogens (tertiary/aromatic N) is 1. The van der Waals surface area contributed by atoms with E-state index >= 15 is 0 Å². The Kier molecular flexibility index (Phi) is 2.26. The number of anilines is 1. The first-order valence-corrected chi connectivity index (χ1v) is 4.66. The predicted octanol–water partition coefficient (Wildman–Crippen LogP) is 1.44. The number of rotatable bonds is 1. The molecule has 0 radical (unpaired) electrons. The van der Waals surface area contributed by atoms with Gasteiger partial charge in [-0.3, -0.25) is 9.59 Å². The summed E-state index contributed by atoms with van der Waals surface area (Å²) < 4.78 is 13.0. The van der Waals surface area contributed by atoms with Crippen molar-refractivity contribution in [2.24, 2.45) is 0 Å². The average Bonchev–Trinajstić information content (AvgIpc) is 2.50. The molecule has 1 saturated heterocycles. The molecule has 1 aliphatic heterocycles. The zero-order valence-electron chi connectivity index (χ0n) is 8.29. The number of benzene rings is 1. The zero-order valence-corrected chi connectivity index (χ0v) is 8.29. The molecule has 0 N–H and O–H groups in total.